The summed E-state index contributed by atoms with van der Waals surface area (Å²) in [5.41, 5.74) is -0.713. The van der Waals surface area contributed by atoms with Gasteiger partial charge in [0.25, 0.3) is 0 Å². The lowest BCUT2D eigenvalue weighted by atomic mass is 10.2. The summed E-state index contributed by atoms with van der Waals surface area (Å²) in [6.45, 7) is 3.80. The van der Waals surface area contributed by atoms with Gasteiger partial charge in [-0.3, -0.25) is 0 Å². The molecule has 0 aliphatic heterocycles. The normalized spacial score (nSPS) is 11.6. The third-order valence-corrected chi connectivity index (χ3v) is 2.85. The van der Waals surface area contributed by atoms with Crippen molar-refractivity contribution in [1.82, 2.24) is 15.2 Å². The van der Waals surface area contributed by atoms with E-state index in [1.54, 1.807) is 0 Å². The van der Waals surface area contributed by atoms with Crippen molar-refractivity contribution in [3.63, 3.8) is 0 Å². The van der Waals surface area contributed by atoms with Gasteiger partial charge in [-0.05, 0) is 32.0 Å². The van der Waals surface area contributed by atoms with Gasteiger partial charge in [-0.15, -0.1) is 5.10 Å². The first-order chi connectivity index (χ1) is 10.3. The van der Waals surface area contributed by atoms with Crippen LogP contribution in [0.4, 0.5) is 30.6 Å². The minimum Gasteiger partial charge on any atom is -0.351 e. The van der Waals surface area contributed by atoms with Crippen molar-refractivity contribution in [1.29, 1.82) is 0 Å². The van der Waals surface area contributed by atoms with Crippen LogP contribution in [0.1, 0.15) is 19.4 Å². The Balaban J connectivity index is 2.24. The summed E-state index contributed by atoms with van der Waals surface area (Å²) in [5, 5.41) is 12.9. The SMILES string of the molecule is CC(C)Nc1nncc(Nc2ccc(Cl)c(C(F)(F)F)c2)n1. The van der Waals surface area contributed by atoms with Crippen molar-refractivity contribution >= 4 is 29.1 Å². The van der Waals surface area contributed by atoms with Gasteiger partial charge in [0.05, 0.1) is 16.8 Å². The van der Waals surface area contributed by atoms with Gasteiger partial charge in [0.1, 0.15) is 0 Å². The molecule has 1 aromatic carbocycles. The van der Waals surface area contributed by atoms with Gasteiger partial charge in [-0.25, -0.2) is 0 Å². The molecule has 0 bridgehead atoms. The van der Waals surface area contributed by atoms with E-state index in [1.165, 1.54) is 18.3 Å². The van der Waals surface area contributed by atoms with E-state index in [9.17, 15) is 13.2 Å². The summed E-state index contributed by atoms with van der Waals surface area (Å²) in [4.78, 5) is 4.11. The van der Waals surface area contributed by atoms with Crippen molar-refractivity contribution in [2.75, 3.05) is 10.6 Å². The second-order valence-corrected chi connectivity index (χ2v) is 5.19. The number of hydrogen-bond donors (Lipinski definition) is 2. The predicted octanol–water partition coefficient (Wildman–Crippen LogP) is 4.11. The molecule has 0 aliphatic rings. The molecule has 0 radical (unpaired) electrons. The number of nitrogens with one attached hydrogen (secondary N) is 2. The Hall–Kier alpha value is -2.09. The summed E-state index contributed by atoms with van der Waals surface area (Å²) in [6, 6.07) is 3.62. The van der Waals surface area contributed by atoms with Crippen LogP contribution in [-0.2, 0) is 6.18 Å². The number of hydrogen-bond acceptors (Lipinski definition) is 5. The van der Waals surface area contributed by atoms with E-state index in [-0.39, 0.29) is 28.5 Å². The van der Waals surface area contributed by atoms with Crippen LogP contribution in [0.3, 0.4) is 0 Å². The van der Waals surface area contributed by atoms with Crippen LogP contribution in [0, 0.1) is 0 Å². The first-order valence-electron chi connectivity index (χ1n) is 6.36. The Morgan fingerprint density at radius 3 is 2.59 bits per heavy atom. The summed E-state index contributed by atoms with van der Waals surface area (Å²) in [5.74, 6) is 0.554. The fourth-order valence-electron chi connectivity index (χ4n) is 1.65. The lowest BCUT2D eigenvalue weighted by Crippen LogP contribution is -2.13. The number of rotatable bonds is 4. The maximum atomic E-state index is 12.8. The molecule has 0 amide bonds. The van der Waals surface area contributed by atoms with Crippen molar-refractivity contribution in [2.24, 2.45) is 0 Å². The molecule has 2 aromatic rings. The fraction of sp³-hybridized carbons (Fsp3) is 0.308. The lowest BCUT2D eigenvalue weighted by Gasteiger charge is -2.12. The molecule has 0 saturated heterocycles. The molecule has 0 aliphatic carbocycles. The molecule has 0 saturated carbocycles. The highest BCUT2D eigenvalue weighted by molar-refractivity contribution is 6.31. The molecule has 2 rings (SSSR count). The van der Waals surface area contributed by atoms with Gasteiger partial charge in [-0.1, -0.05) is 11.6 Å². The van der Waals surface area contributed by atoms with Gasteiger partial charge in [0, 0.05) is 11.7 Å². The molecule has 5 nitrogen and oxygen atoms in total. The fourth-order valence-corrected chi connectivity index (χ4v) is 1.88. The molecule has 22 heavy (non-hydrogen) atoms. The maximum Gasteiger partial charge on any atom is 0.417 e. The van der Waals surface area contributed by atoms with Crippen LogP contribution in [-0.4, -0.2) is 21.2 Å². The summed E-state index contributed by atoms with van der Waals surface area (Å²) < 4.78 is 38.4. The Kier molecular flexibility index (Phi) is 4.70. The van der Waals surface area contributed by atoms with Gasteiger partial charge in [0.15, 0.2) is 5.82 Å². The Bertz CT molecular complexity index is 660. The molecule has 9 heteroatoms. The van der Waals surface area contributed by atoms with Crippen LogP contribution in [0.5, 0.6) is 0 Å². The third kappa shape index (κ3) is 4.20. The van der Waals surface area contributed by atoms with E-state index in [4.69, 9.17) is 11.6 Å². The first-order valence-corrected chi connectivity index (χ1v) is 6.73. The van der Waals surface area contributed by atoms with E-state index >= 15 is 0 Å². The van der Waals surface area contributed by atoms with Crippen LogP contribution in [0.15, 0.2) is 24.4 Å². The minimum atomic E-state index is -4.52. The second-order valence-electron chi connectivity index (χ2n) is 4.78. The van der Waals surface area contributed by atoms with E-state index < -0.39 is 11.7 Å². The second kappa shape index (κ2) is 6.35. The van der Waals surface area contributed by atoms with Crippen molar-refractivity contribution in [2.45, 2.75) is 26.1 Å². The molecule has 0 unspecified atom stereocenters. The zero-order valence-electron chi connectivity index (χ0n) is 11.7. The molecule has 118 valence electrons. The molecule has 1 heterocycles. The van der Waals surface area contributed by atoms with Crippen LogP contribution >= 0.6 is 11.6 Å². The summed E-state index contributed by atoms with van der Waals surface area (Å²) in [6.07, 6.45) is -3.21. The van der Waals surface area contributed by atoms with Gasteiger partial charge in [-0.2, -0.15) is 23.3 Å². The van der Waals surface area contributed by atoms with E-state index in [1.807, 2.05) is 13.8 Å². The van der Waals surface area contributed by atoms with E-state index in [2.05, 4.69) is 25.8 Å². The van der Waals surface area contributed by atoms with Crippen molar-refractivity contribution in [3.8, 4) is 0 Å². The number of benzene rings is 1. The highest BCUT2D eigenvalue weighted by Gasteiger charge is 2.33. The Labute approximate surface area is 129 Å². The lowest BCUT2D eigenvalue weighted by molar-refractivity contribution is -0.137. The molecular weight excluding hydrogens is 319 g/mol. The predicted molar refractivity (Wildman–Crippen MR) is 78.3 cm³/mol. The standard InChI is InChI=1S/C13H13ClF3N5/c1-7(2)19-12-21-11(6-18-22-12)20-8-3-4-10(14)9(5-8)13(15,16)17/h3-7H,1-2H3,(H2,19,20,21,22). The quantitative estimate of drug-likeness (QED) is 0.883. The average Bonchev–Trinajstić information content (AvgIpc) is 2.39. The molecule has 2 N–H and O–H groups in total. The number of halogens is 4. The van der Waals surface area contributed by atoms with Crippen LogP contribution < -0.4 is 10.6 Å². The smallest absolute Gasteiger partial charge is 0.351 e. The average molecular weight is 332 g/mol. The zero-order chi connectivity index (χ0) is 16.3. The van der Waals surface area contributed by atoms with E-state index in [0.29, 0.717) is 0 Å². The monoisotopic (exact) mass is 331 g/mol. The van der Waals surface area contributed by atoms with Gasteiger partial charge >= 0.3 is 6.18 Å². The summed E-state index contributed by atoms with van der Waals surface area (Å²) in [7, 11) is 0. The topological polar surface area (TPSA) is 62.7 Å². The van der Waals surface area contributed by atoms with Gasteiger partial charge in [0.2, 0.25) is 5.95 Å². The van der Waals surface area contributed by atoms with Crippen LogP contribution in [0.25, 0.3) is 0 Å². The largest absolute Gasteiger partial charge is 0.417 e. The highest BCUT2D eigenvalue weighted by Crippen LogP contribution is 2.36. The Morgan fingerprint density at radius 1 is 1.23 bits per heavy atom. The third-order valence-electron chi connectivity index (χ3n) is 2.52. The van der Waals surface area contributed by atoms with Gasteiger partial charge < -0.3 is 10.6 Å². The van der Waals surface area contributed by atoms with Crippen molar-refractivity contribution < 1.29 is 13.2 Å². The molecule has 0 spiro atoms. The number of nitrogens with zero attached hydrogens (tertiary/aromatic N) is 3. The van der Waals surface area contributed by atoms with E-state index in [0.717, 1.165) is 6.07 Å². The summed E-state index contributed by atoms with van der Waals surface area (Å²) >= 11 is 5.57. The number of anilines is 3. The highest BCUT2D eigenvalue weighted by atomic mass is 35.5. The Morgan fingerprint density at radius 2 is 1.95 bits per heavy atom. The molecule has 0 fully saturated rings. The van der Waals surface area contributed by atoms with Crippen LogP contribution in [0.2, 0.25) is 5.02 Å². The number of aromatic nitrogens is 3. The molecular formula is C13H13ClF3N5. The number of alkyl halides is 3. The van der Waals surface area contributed by atoms with Crippen molar-refractivity contribution in [3.05, 3.63) is 35.0 Å². The molecule has 0 atom stereocenters. The molecule has 1 aromatic heterocycles. The maximum absolute atomic E-state index is 12.8. The first kappa shape index (κ1) is 16.3. The zero-order valence-corrected chi connectivity index (χ0v) is 12.5. The minimum absolute atomic E-state index is 0.101.